The van der Waals surface area contributed by atoms with Crippen LogP contribution in [0.2, 0.25) is 0 Å². The predicted molar refractivity (Wildman–Crippen MR) is 92.7 cm³/mol. The average Bonchev–Trinajstić information content (AvgIpc) is 2.85. The smallest absolute Gasteiger partial charge is 0.416 e. The van der Waals surface area contributed by atoms with Gasteiger partial charge in [0.15, 0.2) is 6.04 Å². The summed E-state index contributed by atoms with van der Waals surface area (Å²) in [5.74, 6) is -0.876. The van der Waals surface area contributed by atoms with Crippen molar-refractivity contribution in [3.05, 3.63) is 41.5 Å². The molecule has 0 saturated carbocycles. The fraction of sp³-hybridized carbons (Fsp3) is 0.444. The van der Waals surface area contributed by atoms with Crippen LogP contribution in [0.4, 0.5) is 24.8 Å². The highest BCUT2D eigenvalue weighted by Gasteiger charge is 2.47. The van der Waals surface area contributed by atoms with Crippen molar-refractivity contribution in [2.75, 3.05) is 4.90 Å². The van der Waals surface area contributed by atoms with E-state index in [1.54, 1.807) is 20.8 Å². The van der Waals surface area contributed by atoms with E-state index < -0.39 is 35.5 Å². The molecule has 1 aliphatic rings. The average molecular weight is 396 g/mol. The quantitative estimate of drug-likeness (QED) is 0.781. The zero-order chi connectivity index (χ0) is 20.9. The molecule has 0 aromatic carbocycles. The number of nitrogens with zero attached hydrogens (tertiary/aromatic N) is 4. The number of carbonyl (C=O) groups is 1. The number of aliphatic hydroxyl groups excluding tert-OH is 1. The zero-order valence-electron chi connectivity index (χ0n) is 15.7. The van der Waals surface area contributed by atoms with Gasteiger partial charge in [-0.15, -0.1) is 0 Å². The van der Waals surface area contributed by atoms with Crippen LogP contribution >= 0.6 is 0 Å². The molecule has 0 aliphatic carbocycles. The largest absolute Gasteiger partial charge is 0.458 e. The van der Waals surface area contributed by atoms with Gasteiger partial charge in [0.25, 0.3) is 0 Å². The molecule has 0 bridgehead atoms. The molecule has 10 heteroatoms. The number of carbonyl (C=O) groups excluding carboxylic acids is 1. The summed E-state index contributed by atoms with van der Waals surface area (Å²) >= 11 is 0. The number of alkyl halides is 3. The lowest BCUT2D eigenvalue weighted by Gasteiger charge is -2.29. The van der Waals surface area contributed by atoms with Crippen molar-refractivity contribution in [1.29, 1.82) is 0 Å². The molecule has 2 aromatic rings. The number of pyridine rings is 1. The Morgan fingerprint density at radius 3 is 2.54 bits per heavy atom. The molecule has 2 aromatic heterocycles. The van der Waals surface area contributed by atoms with Gasteiger partial charge in [0.2, 0.25) is 0 Å². The molecule has 3 rings (SSSR count). The molecule has 3 heterocycles. The fourth-order valence-electron chi connectivity index (χ4n) is 2.97. The third kappa shape index (κ3) is 3.77. The highest BCUT2D eigenvalue weighted by atomic mass is 19.4. The van der Waals surface area contributed by atoms with Gasteiger partial charge in [0, 0.05) is 17.5 Å². The van der Waals surface area contributed by atoms with Gasteiger partial charge >= 0.3 is 12.1 Å². The Morgan fingerprint density at radius 1 is 1.25 bits per heavy atom. The summed E-state index contributed by atoms with van der Waals surface area (Å²) in [6, 6.07) is 0.370. The Labute approximate surface area is 159 Å². The van der Waals surface area contributed by atoms with E-state index >= 15 is 0 Å². The minimum atomic E-state index is -4.60. The summed E-state index contributed by atoms with van der Waals surface area (Å²) in [6.07, 6.45) is -3.50. The van der Waals surface area contributed by atoms with E-state index in [1.807, 2.05) is 0 Å². The molecule has 1 aliphatic heterocycles. The fourth-order valence-corrected chi connectivity index (χ4v) is 2.97. The van der Waals surface area contributed by atoms with Crippen molar-refractivity contribution in [2.24, 2.45) is 0 Å². The number of rotatable bonds is 2. The molecule has 0 amide bonds. The summed E-state index contributed by atoms with van der Waals surface area (Å²) in [7, 11) is 0. The monoisotopic (exact) mass is 396 g/mol. The predicted octanol–water partition coefficient (Wildman–Crippen LogP) is 3.09. The standard InChI is InChI=1S/C18H19F3N4O3/c1-9-5-10(18(19,20)21)6-12(24-9)25-13(16(27)28-17(2,3)4)14(26)11-7-22-8-23-15(11)25/h5-8,13-14,26H,1-4H3. The summed E-state index contributed by atoms with van der Waals surface area (Å²) in [6.45, 7) is 6.36. The zero-order valence-corrected chi connectivity index (χ0v) is 15.7. The van der Waals surface area contributed by atoms with Gasteiger partial charge in [0.1, 0.15) is 29.7 Å². The molecule has 2 unspecified atom stereocenters. The van der Waals surface area contributed by atoms with Gasteiger partial charge in [0.05, 0.1) is 5.56 Å². The Hall–Kier alpha value is -2.75. The van der Waals surface area contributed by atoms with Gasteiger partial charge in [-0.05, 0) is 39.8 Å². The van der Waals surface area contributed by atoms with E-state index in [2.05, 4.69) is 15.0 Å². The van der Waals surface area contributed by atoms with Crippen LogP contribution in [-0.4, -0.2) is 37.7 Å². The van der Waals surface area contributed by atoms with Crippen molar-refractivity contribution < 1.29 is 27.8 Å². The first-order valence-corrected chi connectivity index (χ1v) is 8.44. The molecular weight excluding hydrogens is 377 g/mol. The Bertz CT molecular complexity index is 912. The van der Waals surface area contributed by atoms with E-state index in [4.69, 9.17) is 4.74 Å². The maximum Gasteiger partial charge on any atom is 0.416 e. The molecule has 7 nitrogen and oxygen atoms in total. The molecule has 0 fully saturated rings. The molecule has 0 radical (unpaired) electrons. The second-order valence-electron chi connectivity index (χ2n) is 7.45. The van der Waals surface area contributed by atoms with Gasteiger partial charge < -0.3 is 9.84 Å². The van der Waals surface area contributed by atoms with Gasteiger partial charge in [-0.25, -0.2) is 19.7 Å². The molecule has 1 N–H and O–H groups in total. The number of esters is 1. The highest BCUT2D eigenvalue weighted by molar-refractivity contribution is 5.87. The van der Waals surface area contributed by atoms with Crippen LogP contribution < -0.4 is 4.90 Å². The highest BCUT2D eigenvalue weighted by Crippen LogP contribution is 2.43. The molecule has 0 saturated heterocycles. The summed E-state index contributed by atoms with van der Waals surface area (Å²) < 4.78 is 45.2. The summed E-state index contributed by atoms with van der Waals surface area (Å²) in [5.41, 5.74) is -1.48. The van der Waals surface area contributed by atoms with E-state index in [1.165, 1.54) is 19.4 Å². The van der Waals surface area contributed by atoms with Crippen molar-refractivity contribution in [2.45, 2.75) is 51.6 Å². The van der Waals surface area contributed by atoms with Crippen LogP contribution in [0.15, 0.2) is 24.7 Å². The van der Waals surface area contributed by atoms with Gasteiger partial charge in [-0.3, -0.25) is 4.90 Å². The third-order valence-corrected chi connectivity index (χ3v) is 4.00. The molecular formula is C18H19F3N4O3. The topological polar surface area (TPSA) is 88.4 Å². The maximum atomic E-state index is 13.3. The number of ether oxygens (including phenoxy) is 1. The van der Waals surface area contributed by atoms with Crippen LogP contribution in [0, 0.1) is 6.92 Å². The minimum absolute atomic E-state index is 0.101. The lowest BCUT2D eigenvalue weighted by Crippen LogP contribution is -2.42. The molecule has 150 valence electrons. The number of hydrogen-bond acceptors (Lipinski definition) is 7. The number of aryl methyl sites for hydroxylation is 1. The van der Waals surface area contributed by atoms with E-state index in [0.29, 0.717) is 0 Å². The van der Waals surface area contributed by atoms with E-state index in [0.717, 1.165) is 17.0 Å². The first-order valence-electron chi connectivity index (χ1n) is 8.44. The first kappa shape index (κ1) is 20.0. The van der Waals surface area contributed by atoms with E-state index in [-0.39, 0.29) is 22.9 Å². The lowest BCUT2D eigenvalue weighted by atomic mass is 10.1. The third-order valence-electron chi connectivity index (χ3n) is 4.00. The first-order chi connectivity index (χ1) is 12.9. The van der Waals surface area contributed by atoms with Gasteiger partial charge in [-0.1, -0.05) is 0 Å². The van der Waals surface area contributed by atoms with Crippen molar-refractivity contribution in [1.82, 2.24) is 15.0 Å². The Morgan fingerprint density at radius 2 is 1.93 bits per heavy atom. The minimum Gasteiger partial charge on any atom is -0.458 e. The van der Waals surface area contributed by atoms with Crippen LogP contribution in [0.25, 0.3) is 0 Å². The van der Waals surface area contributed by atoms with Crippen molar-refractivity contribution in [3.8, 4) is 0 Å². The summed E-state index contributed by atoms with van der Waals surface area (Å²) in [5, 5.41) is 10.7. The number of aromatic nitrogens is 3. The van der Waals surface area contributed by atoms with Crippen LogP contribution in [-0.2, 0) is 15.7 Å². The molecule has 28 heavy (non-hydrogen) atoms. The number of halogens is 3. The number of anilines is 2. The van der Waals surface area contributed by atoms with Crippen molar-refractivity contribution in [3.63, 3.8) is 0 Å². The SMILES string of the molecule is Cc1cc(C(F)(F)F)cc(N2c3ncncc3C(O)C2C(=O)OC(C)(C)C)n1. The van der Waals surface area contributed by atoms with Crippen molar-refractivity contribution >= 4 is 17.6 Å². The van der Waals surface area contributed by atoms with E-state index in [9.17, 15) is 23.1 Å². The second-order valence-corrected chi connectivity index (χ2v) is 7.45. The number of hydrogen-bond donors (Lipinski definition) is 1. The maximum absolute atomic E-state index is 13.3. The number of aliphatic hydroxyl groups is 1. The summed E-state index contributed by atoms with van der Waals surface area (Å²) in [4.78, 5) is 25.9. The van der Waals surface area contributed by atoms with Crippen LogP contribution in [0.5, 0.6) is 0 Å². The van der Waals surface area contributed by atoms with Crippen LogP contribution in [0.1, 0.15) is 43.7 Å². The molecule has 0 spiro atoms. The van der Waals surface area contributed by atoms with Gasteiger partial charge in [-0.2, -0.15) is 13.2 Å². The normalized spacial score (nSPS) is 19.5. The Kier molecular flexibility index (Phi) is 4.78. The second kappa shape index (κ2) is 6.69. The lowest BCUT2D eigenvalue weighted by molar-refractivity contribution is -0.158. The molecule has 2 atom stereocenters. The van der Waals surface area contributed by atoms with Crippen LogP contribution in [0.3, 0.4) is 0 Å². The number of fused-ring (bicyclic) bond motifs is 1. The Balaban J connectivity index is 2.15.